The van der Waals surface area contributed by atoms with Crippen molar-refractivity contribution in [3.63, 3.8) is 0 Å². The summed E-state index contributed by atoms with van der Waals surface area (Å²) in [4.78, 5) is 0. The van der Waals surface area contributed by atoms with Crippen LogP contribution < -0.4 is 10.1 Å². The highest BCUT2D eigenvalue weighted by Crippen LogP contribution is 2.14. The number of nitrogens with one attached hydrogen (secondary N) is 1. The van der Waals surface area contributed by atoms with Crippen molar-refractivity contribution in [3.05, 3.63) is 29.8 Å². The molecular weight excluding hydrogens is 226 g/mol. The van der Waals surface area contributed by atoms with Gasteiger partial charge in [0.2, 0.25) is 0 Å². The van der Waals surface area contributed by atoms with Gasteiger partial charge in [-0.1, -0.05) is 25.0 Å². The van der Waals surface area contributed by atoms with Crippen LogP contribution in [0.15, 0.2) is 24.3 Å². The van der Waals surface area contributed by atoms with Gasteiger partial charge in [0, 0.05) is 6.04 Å². The lowest BCUT2D eigenvalue weighted by atomic mass is 10.1. The highest BCUT2D eigenvalue weighted by Gasteiger charge is 2.10. The SMILES string of the molecule is OCc1ccc(OCCC2CCCCCN2)cc1. The van der Waals surface area contributed by atoms with E-state index in [9.17, 15) is 0 Å². The summed E-state index contributed by atoms with van der Waals surface area (Å²) in [6, 6.07) is 8.26. The van der Waals surface area contributed by atoms with Crippen LogP contribution in [0.5, 0.6) is 5.75 Å². The molecule has 1 heterocycles. The maximum Gasteiger partial charge on any atom is 0.119 e. The fraction of sp³-hybridized carbons (Fsp3) is 0.600. The number of aliphatic hydroxyl groups excluding tert-OH is 1. The molecule has 100 valence electrons. The highest BCUT2D eigenvalue weighted by atomic mass is 16.5. The zero-order chi connectivity index (χ0) is 12.6. The first-order chi connectivity index (χ1) is 8.88. The van der Waals surface area contributed by atoms with E-state index in [0.717, 1.165) is 30.9 Å². The monoisotopic (exact) mass is 249 g/mol. The maximum atomic E-state index is 8.95. The van der Waals surface area contributed by atoms with Gasteiger partial charge in [-0.2, -0.15) is 0 Å². The summed E-state index contributed by atoms with van der Waals surface area (Å²) in [6.45, 7) is 2.00. The fourth-order valence-corrected chi connectivity index (χ4v) is 2.36. The number of hydrogen-bond donors (Lipinski definition) is 2. The predicted molar refractivity (Wildman–Crippen MR) is 72.7 cm³/mol. The number of hydrogen-bond acceptors (Lipinski definition) is 3. The van der Waals surface area contributed by atoms with Crippen LogP contribution >= 0.6 is 0 Å². The minimum Gasteiger partial charge on any atom is -0.494 e. The van der Waals surface area contributed by atoms with Gasteiger partial charge in [0.1, 0.15) is 5.75 Å². The van der Waals surface area contributed by atoms with E-state index in [1.54, 1.807) is 0 Å². The molecule has 0 spiro atoms. The zero-order valence-electron chi connectivity index (χ0n) is 10.9. The van der Waals surface area contributed by atoms with Crippen molar-refractivity contribution in [2.24, 2.45) is 0 Å². The first-order valence-electron chi connectivity index (χ1n) is 6.94. The normalized spacial score (nSPS) is 20.4. The van der Waals surface area contributed by atoms with Crippen LogP contribution in [-0.2, 0) is 6.61 Å². The second-order valence-electron chi connectivity index (χ2n) is 4.94. The van der Waals surface area contributed by atoms with Crippen LogP contribution in [0.2, 0.25) is 0 Å². The molecule has 3 nitrogen and oxygen atoms in total. The summed E-state index contributed by atoms with van der Waals surface area (Å²) >= 11 is 0. The zero-order valence-corrected chi connectivity index (χ0v) is 10.9. The van der Waals surface area contributed by atoms with Crippen molar-refractivity contribution in [3.8, 4) is 5.75 Å². The molecule has 3 heteroatoms. The lowest BCUT2D eigenvalue weighted by Gasteiger charge is -2.16. The second kappa shape index (κ2) is 7.39. The van der Waals surface area contributed by atoms with Gasteiger partial charge in [-0.25, -0.2) is 0 Å². The Morgan fingerprint density at radius 1 is 1.17 bits per heavy atom. The van der Waals surface area contributed by atoms with Crippen molar-refractivity contribution in [2.45, 2.75) is 44.8 Å². The second-order valence-corrected chi connectivity index (χ2v) is 4.94. The van der Waals surface area contributed by atoms with E-state index in [-0.39, 0.29) is 6.61 Å². The van der Waals surface area contributed by atoms with Gasteiger partial charge < -0.3 is 15.2 Å². The minimum absolute atomic E-state index is 0.0896. The third-order valence-corrected chi connectivity index (χ3v) is 3.50. The van der Waals surface area contributed by atoms with Gasteiger partial charge in [-0.05, 0) is 43.5 Å². The van der Waals surface area contributed by atoms with Crippen LogP contribution in [0.4, 0.5) is 0 Å². The van der Waals surface area contributed by atoms with E-state index in [1.165, 1.54) is 25.7 Å². The van der Waals surface area contributed by atoms with Crippen LogP contribution in [-0.4, -0.2) is 24.3 Å². The summed E-state index contributed by atoms with van der Waals surface area (Å²) in [5, 5.41) is 12.5. The first-order valence-corrected chi connectivity index (χ1v) is 6.94. The molecule has 1 fully saturated rings. The van der Waals surface area contributed by atoms with Crippen LogP contribution in [0, 0.1) is 0 Å². The third-order valence-electron chi connectivity index (χ3n) is 3.50. The molecular formula is C15H23NO2. The molecule has 0 aromatic heterocycles. The van der Waals surface area contributed by atoms with E-state index < -0.39 is 0 Å². The molecule has 2 rings (SSSR count). The minimum atomic E-state index is 0.0896. The average Bonchev–Trinajstić information content (AvgIpc) is 2.68. The molecule has 0 radical (unpaired) electrons. The Morgan fingerprint density at radius 2 is 2.00 bits per heavy atom. The van der Waals surface area contributed by atoms with E-state index in [2.05, 4.69) is 5.32 Å². The molecule has 1 aromatic rings. The average molecular weight is 249 g/mol. The van der Waals surface area contributed by atoms with Crippen molar-refractivity contribution in [1.29, 1.82) is 0 Å². The Kier molecular flexibility index (Phi) is 5.49. The molecule has 0 aliphatic carbocycles. The third kappa shape index (κ3) is 4.31. The summed E-state index contributed by atoms with van der Waals surface area (Å²) in [6.07, 6.45) is 6.34. The molecule has 1 saturated heterocycles. The summed E-state index contributed by atoms with van der Waals surface area (Å²) < 4.78 is 5.73. The van der Waals surface area contributed by atoms with E-state index in [1.807, 2.05) is 24.3 Å². The largest absolute Gasteiger partial charge is 0.494 e. The van der Waals surface area contributed by atoms with E-state index in [4.69, 9.17) is 9.84 Å². The number of benzene rings is 1. The Morgan fingerprint density at radius 3 is 2.78 bits per heavy atom. The Balaban J connectivity index is 1.70. The first kappa shape index (κ1) is 13.4. The number of rotatable bonds is 5. The maximum absolute atomic E-state index is 8.95. The Hall–Kier alpha value is -1.06. The van der Waals surface area contributed by atoms with Crippen molar-refractivity contribution >= 4 is 0 Å². The predicted octanol–water partition coefficient (Wildman–Crippen LogP) is 2.48. The molecule has 1 atom stereocenters. The highest BCUT2D eigenvalue weighted by molar-refractivity contribution is 5.26. The molecule has 0 amide bonds. The Labute approximate surface area is 109 Å². The molecule has 18 heavy (non-hydrogen) atoms. The molecule has 1 aromatic carbocycles. The standard InChI is InChI=1S/C15H23NO2/c17-12-13-5-7-15(8-6-13)18-11-9-14-4-2-1-3-10-16-14/h5-8,14,16-17H,1-4,9-12H2. The summed E-state index contributed by atoms with van der Waals surface area (Å²) in [5.74, 6) is 0.890. The van der Waals surface area contributed by atoms with Crippen LogP contribution in [0.1, 0.15) is 37.7 Å². The van der Waals surface area contributed by atoms with E-state index >= 15 is 0 Å². The quantitative estimate of drug-likeness (QED) is 0.842. The van der Waals surface area contributed by atoms with Gasteiger partial charge in [-0.15, -0.1) is 0 Å². The topological polar surface area (TPSA) is 41.5 Å². The van der Waals surface area contributed by atoms with Crippen molar-refractivity contribution < 1.29 is 9.84 Å². The smallest absolute Gasteiger partial charge is 0.119 e. The van der Waals surface area contributed by atoms with Gasteiger partial charge in [0.25, 0.3) is 0 Å². The molecule has 1 aliphatic heterocycles. The van der Waals surface area contributed by atoms with Gasteiger partial charge >= 0.3 is 0 Å². The van der Waals surface area contributed by atoms with Crippen LogP contribution in [0.25, 0.3) is 0 Å². The van der Waals surface area contributed by atoms with Crippen LogP contribution in [0.3, 0.4) is 0 Å². The van der Waals surface area contributed by atoms with Gasteiger partial charge in [-0.3, -0.25) is 0 Å². The molecule has 1 aliphatic rings. The lowest BCUT2D eigenvalue weighted by Crippen LogP contribution is -2.29. The molecule has 0 bridgehead atoms. The molecule has 1 unspecified atom stereocenters. The fourth-order valence-electron chi connectivity index (χ4n) is 2.36. The van der Waals surface area contributed by atoms with Crippen molar-refractivity contribution in [1.82, 2.24) is 5.32 Å². The lowest BCUT2D eigenvalue weighted by molar-refractivity contribution is 0.278. The van der Waals surface area contributed by atoms with Gasteiger partial charge in [0.05, 0.1) is 13.2 Å². The van der Waals surface area contributed by atoms with Gasteiger partial charge in [0.15, 0.2) is 0 Å². The Bertz CT molecular complexity index is 329. The molecule has 2 N–H and O–H groups in total. The molecule has 0 saturated carbocycles. The summed E-state index contributed by atoms with van der Waals surface area (Å²) in [7, 11) is 0. The summed E-state index contributed by atoms with van der Waals surface area (Å²) in [5.41, 5.74) is 0.924. The number of aliphatic hydroxyl groups is 1. The van der Waals surface area contributed by atoms with E-state index in [0.29, 0.717) is 6.04 Å². The van der Waals surface area contributed by atoms with Crippen molar-refractivity contribution in [2.75, 3.05) is 13.2 Å². The number of ether oxygens (including phenoxy) is 1.